The lowest BCUT2D eigenvalue weighted by Gasteiger charge is -2.11. The molecule has 0 fully saturated rings. The highest BCUT2D eigenvalue weighted by atomic mass is 16.5. The third-order valence-corrected chi connectivity index (χ3v) is 3.23. The molecule has 1 unspecified atom stereocenters. The molecule has 1 amide bonds. The molecule has 1 atom stereocenters. The van der Waals surface area contributed by atoms with Crippen LogP contribution in [0.3, 0.4) is 0 Å². The summed E-state index contributed by atoms with van der Waals surface area (Å²) in [5.74, 6) is -0.975. The minimum absolute atomic E-state index is 0.0964. The first-order valence-corrected chi connectivity index (χ1v) is 6.69. The number of carboxylic acid groups (broad SMARTS) is 1. The van der Waals surface area contributed by atoms with E-state index in [0.29, 0.717) is 35.3 Å². The summed E-state index contributed by atoms with van der Waals surface area (Å²) in [4.78, 5) is 26.6. The van der Waals surface area contributed by atoms with E-state index >= 15 is 0 Å². The summed E-state index contributed by atoms with van der Waals surface area (Å²) < 4.78 is 4.99. The number of aromatic nitrogens is 2. The lowest BCUT2D eigenvalue weighted by atomic mass is 10.1. The van der Waals surface area contributed by atoms with Crippen molar-refractivity contribution in [1.82, 2.24) is 15.5 Å². The highest BCUT2D eigenvalue weighted by molar-refractivity contribution is 5.96. The summed E-state index contributed by atoms with van der Waals surface area (Å²) in [5, 5.41) is 15.9. The number of rotatable bonds is 6. The number of carboxylic acids is 1. The van der Waals surface area contributed by atoms with E-state index in [1.807, 2.05) is 6.92 Å². The van der Waals surface area contributed by atoms with Crippen molar-refractivity contribution in [3.8, 4) is 0 Å². The van der Waals surface area contributed by atoms with Crippen molar-refractivity contribution in [1.29, 1.82) is 0 Å². The molecule has 21 heavy (non-hydrogen) atoms. The van der Waals surface area contributed by atoms with Crippen LogP contribution in [-0.4, -0.2) is 33.7 Å². The molecule has 0 saturated carbocycles. The first kappa shape index (κ1) is 15.0. The van der Waals surface area contributed by atoms with Gasteiger partial charge in [-0.1, -0.05) is 12.1 Å². The van der Waals surface area contributed by atoms with Gasteiger partial charge in [-0.05, 0) is 25.3 Å². The maximum absolute atomic E-state index is 12.0. The van der Waals surface area contributed by atoms with Gasteiger partial charge in [0.1, 0.15) is 0 Å². The summed E-state index contributed by atoms with van der Waals surface area (Å²) in [6.07, 6.45) is 2.06. The smallest absolute Gasteiger partial charge is 0.303 e. The first-order chi connectivity index (χ1) is 9.97. The van der Waals surface area contributed by atoms with Gasteiger partial charge < -0.3 is 14.9 Å². The molecular weight excluding hydrogens is 274 g/mol. The summed E-state index contributed by atoms with van der Waals surface area (Å²) in [6, 6.07) is 1.69. The lowest BCUT2D eigenvalue weighted by Crippen LogP contribution is -2.28. The monoisotopic (exact) mass is 291 g/mol. The predicted octanol–water partition coefficient (Wildman–Crippen LogP) is 1.76. The second-order valence-corrected chi connectivity index (χ2v) is 5.09. The van der Waals surface area contributed by atoms with Gasteiger partial charge in [-0.25, -0.2) is 4.98 Å². The SMILES string of the molecule is Cc1noc2ncc(C(=O)NCC(C)CCC(=O)O)cc12. The van der Waals surface area contributed by atoms with Crippen molar-refractivity contribution in [3.05, 3.63) is 23.5 Å². The van der Waals surface area contributed by atoms with Crippen molar-refractivity contribution in [2.45, 2.75) is 26.7 Å². The van der Waals surface area contributed by atoms with Crippen molar-refractivity contribution < 1.29 is 19.2 Å². The summed E-state index contributed by atoms with van der Waals surface area (Å²) >= 11 is 0. The molecular formula is C14H17N3O4. The number of carbonyl (C=O) groups excluding carboxylic acids is 1. The molecule has 112 valence electrons. The fraction of sp³-hybridized carbons (Fsp3) is 0.429. The standard InChI is InChI=1S/C14H17N3O4/c1-8(3-4-12(18)19)6-15-13(20)10-5-11-9(2)17-21-14(11)16-7-10/h5,7-8H,3-4,6H2,1-2H3,(H,15,20)(H,18,19). The summed E-state index contributed by atoms with van der Waals surface area (Å²) in [5.41, 5.74) is 1.51. The largest absolute Gasteiger partial charge is 0.481 e. The number of hydrogen-bond donors (Lipinski definition) is 2. The van der Waals surface area contributed by atoms with Crippen LogP contribution >= 0.6 is 0 Å². The number of aliphatic carboxylic acids is 1. The highest BCUT2D eigenvalue weighted by Crippen LogP contribution is 2.16. The molecule has 2 rings (SSSR count). The molecule has 0 aliphatic rings. The van der Waals surface area contributed by atoms with Crippen LogP contribution in [0.5, 0.6) is 0 Å². The number of nitrogens with zero attached hydrogens (tertiary/aromatic N) is 2. The van der Waals surface area contributed by atoms with Crippen LogP contribution in [0.15, 0.2) is 16.8 Å². The molecule has 0 spiro atoms. The van der Waals surface area contributed by atoms with Crippen molar-refractivity contribution in [3.63, 3.8) is 0 Å². The zero-order chi connectivity index (χ0) is 15.4. The van der Waals surface area contributed by atoms with Gasteiger partial charge in [-0.3, -0.25) is 9.59 Å². The number of amides is 1. The third-order valence-electron chi connectivity index (χ3n) is 3.23. The number of aryl methyl sites for hydroxylation is 1. The van der Waals surface area contributed by atoms with Gasteiger partial charge in [0.25, 0.3) is 11.6 Å². The van der Waals surface area contributed by atoms with E-state index in [9.17, 15) is 9.59 Å². The molecule has 2 heterocycles. The molecule has 7 nitrogen and oxygen atoms in total. The number of hydrogen-bond acceptors (Lipinski definition) is 5. The first-order valence-electron chi connectivity index (χ1n) is 6.69. The Hall–Kier alpha value is -2.44. The minimum atomic E-state index is -0.828. The van der Waals surface area contributed by atoms with Gasteiger partial charge in [0, 0.05) is 19.2 Å². The Morgan fingerprint density at radius 1 is 1.48 bits per heavy atom. The van der Waals surface area contributed by atoms with E-state index in [1.165, 1.54) is 6.20 Å². The van der Waals surface area contributed by atoms with Gasteiger partial charge in [0.2, 0.25) is 0 Å². The van der Waals surface area contributed by atoms with Gasteiger partial charge in [0.15, 0.2) is 0 Å². The van der Waals surface area contributed by atoms with E-state index in [-0.39, 0.29) is 18.2 Å². The van der Waals surface area contributed by atoms with Crippen LogP contribution in [0.2, 0.25) is 0 Å². The molecule has 0 aliphatic carbocycles. The van der Waals surface area contributed by atoms with E-state index in [0.717, 1.165) is 0 Å². The Balaban J connectivity index is 1.95. The van der Waals surface area contributed by atoms with E-state index in [2.05, 4.69) is 15.5 Å². The minimum Gasteiger partial charge on any atom is -0.481 e. The maximum atomic E-state index is 12.0. The second kappa shape index (κ2) is 6.34. The Morgan fingerprint density at radius 2 is 2.24 bits per heavy atom. The van der Waals surface area contributed by atoms with Gasteiger partial charge >= 0.3 is 5.97 Å². The highest BCUT2D eigenvalue weighted by Gasteiger charge is 2.13. The Bertz CT molecular complexity index is 665. The Labute approximate surface area is 121 Å². The molecule has 0 saturated heterocycles. The average Bonchev–Trinajstić information content (AvgIpc) is 2.83. The average molecular weight is 291 g/mol. The lowest BCUT2D eigenvalue weighted by molar-refractivity contribution is -0.137. The van der Waals surface area contributed by atoms with Crippen LogP contribution in [-0.2, 0) is 4.79 Å². The summed E-state index contributed by atoms with van der Waals surface area (Å²) in [7, 11) is 0. The fourth-order valence-electron chi connectivity index (χ4n) is 1.91. The number of nitrogens with one attached hydrogen (secondary N) is 1. The quantitative estimate of drug-likeness (QED) is 0.840. The second-order valence-electron chi connectivity index (χ2n) is 5.09. The topological polar surface area (TPSA) is 105 Å². The van der Waals surface area contributed by atoms with Crippen molar-refractivity contribution in [2.24, 2.45) is 5.92 Å². The van der Waals surface area contributed by atoms with Crippen LogP contribution < -0.4 is 5.32 Å². The zero-order valence-corrected chi connectivity index (χ0v) is 11.9. The van der Waals surface area contributed by atoms with Crippen molar-refractivity contribution in [2.75, 3.05) is 6.54 Å². The molecule has 0 aromatic carbocycles. The molecule has 0 radical (unpaired) electrons. The van der Waals surface area contributed by atoms with E-state index in [4.69, 9.17) is 9.63 Å². The number of fused-ring (bicyclic) bond motifs is 1. The number of pyridine rings is 1. The normalized spacial score (nSPS) is 12.3. The Morgan fingerprint density at radius 3 is 2.95 bits per heavy atom. The molecule has 2 N–H and O–H groups in total. The summed E-state index contributed by atoms with van der Waals surface area (Å²) in [6.45, 7) is 4.10. The number of carbonyl (C=O) groups is 2. The Kier molecular flexibility index (Phi) is 4.52. The van der Waals surface area contributed by atoms with Crippen molar-refractivity contribution >= 4 is 23.0 Å². The van der Waals surface area contributed by atoms with Crippen LogP contribution in [0, 0.1) is 12.8 Å². The van der Waals surface area contributed by atoms with Crippen LogP contribution in [0.1, 0.15) is 35.8 Å². The molecule has 2 aromatic heterocycles. The molecule has 0 bridgehead atoms. The maximum Gasteiger partial charge on any atom is 0.303 e. The van der Waals surface area contributed by atoms with Gasteiger partial charge in [-0.2, -0.15) is 0 Å². The van der Waals surface area contributed by atoms with Gasteiger partial charge in [0.05, 0.1) is 16.6 Å². The predicted molar refractivity (Wildman–Crippen MR) is 74.9 cm³/mol. The van der Waals surface area contributed by atoms with Gasteiger partial charge in [-0.15, -0.1) is 0 Å². The van der Waals surface area contributed by atoms with Crippen LogP contribution in [0.25, 0.3) is 11.1 Å². The van der Waals surface area contributed by atoms with E-state index < -0.39 is 5.97 Å². The molecule has 2 aromatic rings. The van der Waals surface area contributed by atoms with Crippen LogP contribution in [0.4, 0.5) is 0 Å². The third kappa shape index (κ3) is 3.77. The molecule has 0 aliphatic heterocycles. The fourth-order valence-corrected chi connectivity index (χ4v) is 1.91. The zero-order valence-electron chi connectivity index (χ0n) is 11.9. The molecule has 7 heteroatoms. The van der Waals surface area contributed by atoms with E-state index in [1.54, 1.807) is 13.0 Å².